The van der Waals surface area contributed by atoms with E-state index in [1.807, 2.05) is 0 Å². The van der Waals surface area contributed by atoms with Crippen LogP contribution in [0, 0.1) is 5.92 Å². The van der Waals surface area contributed by atoms with Crippen molar-refractivity contribution in [2.24, 2.45) is 5.92 Å². The summed E-state index contributed by atoms with van der Waals surface area (Å²) in [4.78, 5) is 0. The summed E-state index contributed by atoms with van der Waals surface area (Å²) >= 11 is 0. The number of aliphatic hydroxyl groups excluding tert-OH is 1. The van der Waals surface area contributed by atoms with Crippen LogP contribution < -0.4 is 4.72 Å². The minimum Gasteiger partial charge on any atom is -0.393 e. The standard InChI is InChI=1S/C12H23NO3S/c14-12-8-4-5-10(12)9-13-17(15,16)11-6-2-1-3-7-11/h10-14H,1-9H2. The second-order valence-electron chi connectivity index (χ2n) is 5.41. The van der Waals surface area contributed by atoms with Crippen LogP contribution in [0.3, 0.4) is 0 Å². The Bertz CT molecular complexity index is 336. The zero-order chi connectivity index (χ0) is 12.3. The Morgan fingerprint density at radius 1 is 1.00 bits per heavy atom. The van der Waals surface area contributed by atoms with Crippen LogP contribution in [0.25, 0.3) is 0 Å². The molecule has 0 aromatic rings. The number of hydrogen-bond donors (Lipinski definition) is 2. The largest absolute Gasteiger partial charge is 0.393 e. The van der Waals surface area contributed by atoms with Crippen molar-refractivity contribution in [2.75, 3.05) is 6.54 Å². The van der Waals surface area contributed by atoms with Crippen LogP contribution in [-0.4, -0.2) is 31.4 Å². The van der Waals surface area contributed by atoms with E-state index in [2.05, 4.69) is 4.72 Å². The van der Waals surface area contributed by atoms with Gasteiger partial charge in [-0.15, -0.1) is 0 Å². The van der Waals surface area contributed by atoms with Gasteiger partial charge >= 0.3 is 0 Å². The quantitative estimate of drug-likeness (QED) is 0.804. The van der Waals surface area contributed by atoms with E-state index in [1.54, 1.807) is 0 Å². The molecule has 0 spiro atoms. The summed E-state index contributed by atoms with van der Waals surface area (Å²) in [6.45, 7) is 0.417. The molecule has 2 aliphatic rings. The number of nitrogens with one attached hydrogen (secondary N) is 1. The van der Waals surface area contributed by atoms with E-state index in [4.69, 9.17) is 0 Å². The lowest BCUT2D eigenvalue weighted by Crippen LogP contribution is -2.39. The van der Waals surface area contributed by atoms with Crippen LogP contribution in [0.5, 0.6) is 0 Å². The van der Waals surface area contributed by atoms with E-state index in [9.17, 15) is 13.5 Å². The second kappa shape index (κ2) is 5.67. The van der Waals surface area contributed by atoms with Gasteiger partial charge in [0, 0.05) is 6.54 Å². The minimum atomic E-state index is -3.16. The predicted octanol–water partition coefficient (Wildman–Crippen LogP) is 1.40. The monoisotopic (exact) mass is 261 g/mol. The van der Waals surface area contributed by atoms with Gasteiger partial charge in [0.1, 0.15) is 0 Å². The zero-order valence-corrected chi connectivity index (χ0v) is 11.1. The highest BCUT2D eigenvalue weighted by molar-refractivity contribution is 7.90. The summed E-state index contributed by atoms with van der Waals surface area (Å²) in [6.07, 6.45) is 7.25. The third-order valence-corrected chi connectivity index (χ3v) is 6.07. The van der Waals surface area contributed by atoms with E-state index in [0.29, 0.717) is 6.54 Å². The molecule has 0 saturated heterocycles. The first-order valence-electron chi connectivity index (χ1n) is 6.76. The van der Waals surface area contributed by atoms with E-state index in [0.717, 1.165) is 51.4 Å². The lowest BCUT2D eigenvalue weighted by molar-refractivity contribution is 0.134. The van der Waals surface area contributed by atoms with Crippen LogP contribution in [0.2, 0.25) is 0 Å². The van der Waals surface area contributed by atoms with Crippen molar-refractivity contribution >= 4 is 10.0 Å². The molecule has 0 amide bonds. The summed E-state index contributed by atoms with van der Waals surface area (Å²) in [7, 11) is -3.16. The van der Waals surface area contributed by atoms with Crippen LogP contribution >= 0.6 is 0 Å². The van der Waals surface area contributed by atoms with Crippen LogP contribution in [0.4, 0.5) is 0 Å². The Morgan fingerprint density at radius 3 is 2.29 bits per heavy atom. The Balaban J connectivity index is 1.84. The smallest absolute Gasteiger partial charge is 0.214 e. The number of rotatable bonds is 4. The third-order valence-electron chi connectivity index (χ3n) is 4.16. The fraction of sp³-hybridized carbons (Fsp3) is 1.00. The molecular formula is C12H23NO3S. The summed E-state index contributed by atoms with van der Waals surface area (Å²) in [5, 5.41) is 9.46. The highest BCUT2D eigenvalue weighted by Gasteiger charge is 2.30. The molecule has 0 bridgehead atoms. The predicted molar refractivity (Wildman–Crippen MR) is 67.1 cm³/mol. The molecule has 2 atom stereocenters. The molecule has 17 heavy (non-hydrogen) atoms. The van der Waals surface area contributed by atoms with Gasteiger partial charge < -0.3 is 5.11 Å². The maximum Gasteiger partial charge on any atom is 0.214 e. The van der Waals surface area contributed by atoms with Crippen molar-refractivity contribution in [1.82, 2.24) is 4.72 Å². The van der Waals surface area contributed by atoms with E-state index in [-0.39, 0.29) is 17.3 Å². The van der Waals surface area contributed by atoms with Crippen molar-refractivity contribution in [1.29, 1.82) is 0 Å². The number of sulfonamides is 1. The maximum atomic E-state index is 12.1. The summed E-state index contributed by atoms with van der Waals surface area (Å²) < 4.78 is 26.8. The topological polar surface area (TPSA) is 66.4 Å². The third kappa shape index (κ3) is 3.42. The molecule has 2 saturated carbocycles. The Morgan fingerprint density at radius 2 is 1.71 bits per heavy atom. The number of hydrogen-bond acceptors (Lipinski definition) is 3. The first-order chi connectivity index (χ1) is 8.09. The molecule has 4 nitrogen and oxygen atoms in total. The van der Waals surface area contributed by atoms with Crippen molar-refractivity contribution < 1.29 is 13.5 Å². The molecule has 100 valence electrons. The summed E-state index contributed by atoms with van der Waals surface area (Å²) in [6, 6.07) is 0. The fourth-order valence-electron chi connectivity index (χ4n) is 2.97. The van der Waals surface area contributed by atoms with E-state index >= 15 is 0 Å². The first-order valence-corrected chi connectivity index (χ1v) is 8.31. The lowest BCUT2D eigenvalue weighted by atomic mass is 10.0. The van der Waals surface area contributed by atoms with Gasteiger partial charge in [0.15, 0.2) is 0 Å². The summed E-state index contributed by atoms with van der Waals surface area (Å²) in [5.41, 5.74) is 0. The SMILES string of the molecule is O=S(=O)(NCC1CCCC1O)C1CCCCC1. The Labute approximate surface area is 104 Å². The molecule has 5 heteroatoms. The first kappa shape index (κ1) is 13.3. The Kier molecular flexibility index (Phi) is 4.44. The Hall–Kier alpha value is -0.130. The van der Waals surface area contributed by atoms with Crippen LogP contribution in [0.15, 0.2) is 0 Å². The van der Waals surface area contributed by atoms with E-state index in [1.165, 1.54) is 0 Å². The van der Waals surface area contributed by atoms with Gasteiger partial charge in [0.05, 0.1) is 11.4 Å². The fourth-order valence-corrected chi connectivity index (χ4v) is 4.61. The van der Waals surface area contributed by atoms with Crippen LogP contribution in [0.1, 0.15) is 51.4 Å². The average Bonchev–Trinajstić information content (AvgIpc) is 2.74. The van der Waals surface area contributed by atoms with Crippen LogP contribution in [-0.2, 0) is 10.0 Å². The normalized spacial score (nSPS) is 31.8. The van der Waals surface area contributed by atoms with Gasteiger partial charge in [-0.05, 0) is 31.6 Å². The molecule has 2 fully saturated rings. The highest BCUT2D eigenvalue weighted by Crippen LogP contribution is 2.26. The lowest BCUT2D eigenvalue weighted by Gasteiger charge is -2.23. The van der Waals surface area contributed by atoms with Gasteiger partial charge in [-0.25, -0.2) is 13.1 Å². The molecule has 0 radical (unpaired) electrons. The molecule has 0 heterocycles. The van der Waals surface area contributed by atoms with Crippen molar-refractivity contribution in [3.8, 4) is 0 Å². The molecule has 2 unspecified atom stereocenters. The van der Waals surface area contributed by atoms with Gasteiger partial charge in [-0.1, -0.05) is 25.7 Å². The summed E-state index contributed by atoms with van der Waals surface area (Å²) in [5.74, 6) is 0.119. The van der Waals surface area contributed by atoms with Gasteiger partial charge in [-0.3, -0.25) is 0 Å². The van der Waals surface area contributed by atoms with Gasteiger partial charge in [0.2, 0.25) is 10.0 Å². The van der Waals surface area contributed by atoms with Crippen molar-refractivity contribution in [2.45, 2.75) is 62.7 Å². The molecule has 0 aromatic heterocycles. The molecule has 2 rings (SSSR count). The molecule has 0 aliphatic heterocycles. The molecule has 2 N–H and O–H groups in total. The van der Waals surface area contributed by atoms with Crippen molar-refractivity contribution in [3.05, 3.63) is 0 Å². The number of aliphatic hydroxyl groups is 1. The molecule has 2 aliphatic carbocycles. The highest BCUT2D eigenvalue weighted by atomic mass is 32.2. The van der Waals surface area contributed by atoms with E-state index < -0.39 is 10.0 Å². The van der Waals surface area contributed by atoms with Gasteiger partial charge in [-0.2, -0.15) is 0 Å². The minimum absolute atomic E-state index is 0.119. The van der Waals surface area contributed by atoms with Gasteiger partial charge in [0.25, 0.3) is 0 Å². The molecule has 0 aromatic carbocycles. The average molecular weight is 261 g/mol. The maximum absolute atomic E-state index is 12.1. The molecular weight excluding hydrogens is 238 g/mol. The zero-order valence-electron chi connectivity index (χ0n) is 10.3. The second-order valence-corrected chi connectivity index (χ2v) is 7.46. The van der Waals surface area contributed by atoms with Crippen molar-refractivity contribution in [3.63, 3.8) is 0 Å².